The number of aromatic nitrogens is 2. The summed E-state index contributed by atoms with van der Waals surface area (Å²) in [5.74, 6) is 0.521. The Balaban J connectivity index is 2.08. The van der Waals surface area contributed by atoms with Gasteiger partial charge in [-0.15, -0.1) is 0 Å². The minimum Gasteiger partial charge on any atom is -0.261 e. The molecule has 1 aliphatic rings. The van der Waals surface area contributed by atoms with Gasteiger partial charge < -0.3 is 0 Å². The Morgan fingerprint density at radius 2 is 2.33 bits per heavy atom. The van der Waals surface area contributed by atoms with Gasteiger partial charge in [0.15, 0.2) is 0 Å². The first-order valence-electron chi connectivity index (χ1n) is 4.36. The molecule has 1 aliphatic heterocycles. The zero-order valence-electron chi connectivity index (χ0n) is 6.98. The van der Waals surface area contributed by atoms with Crippen molar-refractivity contribution in [2.24, 2.45) is 0 Å². The van der Waals surface area contributed by atoms with Gasteiger partial charge in [0.1, 0.15) is 0 Å². The van der Waals surface area contributed by atoms with Crippen LogP contribution >= 0.6 is 0 Å². The average molecular weight is 162 g/mol. The van der Waals surface area contributed by atoms with Crippen molar-refractivity contribution in [3.8, 4) is 0 Å². The average Bonchev–Trinajstić information content (AvgIpc) is 2.21. The molecule has 1 aromatic heterocycles. The summed E-state index contributed by atoms with van der Waals surface area (Å²) in [5, 5.41) is 4.37. The van der Waals surface area contributed by atoms with Gasteiger partial charge in [0.25, 0.3) is 0 Å². The second-order valence-electron chi connectivity index (χ2n) is 3.10. The summed E-state index contributed by atoms with van der Waals surface area (Å²) in [6.45, 7) is 1.95. The lowest BCUT2D eigenvalue weighted by Gasteiger charge is -2.20. The summed E-state index contributed by atoms with van der Waals surface area (Å²) < 4.78 is 0. The molecule has 1 saturated heterocycles. The number of hydrogen-bond acceptors (Lipinski definition) is 2. The molecule has 12 heavy (non-hydrogen) atoms. The normalized spacial score (nSPS) is 23.8. The van der Waals surface area contributed by atoms with Crippen LogP contribution in [0.4, 0.5) is 0 Å². The highest BCUT2D eigenvalue weighted by atomic mass is 14.9. The van der Waals surface area contributed by atoms with Crippen LogP contribution in [0.3, 0.4) is 0 Å². The molecule has 2 heterocycles. The van der Waals surface area contributed by atoms with E-state index in [2.05, 4.69) is 15.3 Å². The number of nitrogens with zero attached hydrogens (tertiary/aromatic N) is 3. The van der Waals surface area contributed by atoms with Gasteiger partial charge in [0, 0.05) is 37.6 Å². The number of hydrogen-bond donors (Lipinski definition) is 0. The molecule has 1 aromatic rings. The first kappa shape index (κ1) is 7.68. The van der Waals surface area contributed by atoms with E-state index < -0.39 is 0 Å². The number of rotatable bonds is 1. The van der Waals surface area contributed by atoms with Crippen molar-refractivity contribution >= 4 is 0 Å². The molecular formula is C9H12N3. The van der Waals surface area contributed by atoms with E-state index in [1.165, 1.54) is 12.8 Å². The van der Waals surface area contributed by atoms with Gasteiger partial charge in [0.05, 0.1) is 5.69 Å². The van der Waals surface area contributed by atoms with E-state index in [1.807, 2.05) is 6.20 Å². The van der Waals surface area contributed by atoms with E-state index in [1.54, 1.807) is 12.4 Å². The Bertz CT molecular complexity index is 229. The molecule has 0 saturated carbocycles. The van der Waals surface area contributed by atoms with Gasteiger partial charge in [-0.3, -0.25) is 9.97 Å². The van der Waals surface area contributed by atoms with E-state index in [-0.39, 0.29) is 0 Å². The fraction of sp³-hybridized carbons (Fsp3) is 0.556. The molecule has 0 bridgehead atoms. The van der Waals surface area contributed by atoms with E-state index in [4.69, 9.17) is 0 Å². The third-order valence-electron chi connectivity index (χ3n) is 2.22. The molecule has 0 aliphatic carbocycles. The molecule has 3 heteroatoms. The third-order valence-corrected chi connectivity index (χ3v) is 2.22. The van der Waals surface area contributed by atoms with Crippen LogP contribution in [0.5, 0.6) is 0 Å². The molecule has 1 unspecified atom stereocenters. The Labute approximate surface area is 72.2 Å². The fourth-order valence-corrected chi connectivity index (χ4v) is 1.55. The molecule has 63 valence electrons. The Kier molecular flexibility index (Phi) is 2.32. The summed E-state index contributed by atoms with van der Waals surface area (Å²) in [6.07, 6.45) is 7.72. The second-order valence-corrected chi connectivity index (χ2v) is 3.10. The molecule has 1 fully saturated rings. The standard InChI is InChI=1S/C9H12N3/c1-2-8(6-10-3-1)9-7-11-4-5-12-9/h4-5,7-8H,1-3,6H2. The maximum absolute atomic E-state index is 4.37. The van der Waals surface area contributed by atoms with Gasteiger partial charge in [0.2, 0.25) is 0 Å². The SMILES string of the molecule is c1cnc(C2CCC[N]C2)cn1. The van der Waals surface area contributed by atoms with Crippen molar-refractivity contribution in [3.05, 3.63) is 24.3 Å². The fourth-order valence-electron chi connectivity index (χ4n) is 1.55. The Hall–Kier alpha value is -0.960. The maximum Gasteiger partial charge on any atom is 0.0630 e. The van der Waals surface area contributed by atoms with Crippen molar-refractivity contribution < 1.29 is 0 Å². The first-order chi connectivity index (χ1) is 5.97. The van der Waals surface area contributed by atoms with Crippen LogP contribution in [-0.4, -0.2) is 23.1 Å². The van der Waals surface area contributed by atoms with Crippen molar-refractivity contribution in [1.82, 2.24) is 15.3 Å². The lowest BCUT2D eigenvalue weighted by Crippen LogP contribution is -2.23. The van der Waals surface area contributed by atoms with Gasteiger partial charge in [-0.2, -0.15) is 0 Å². The summed E-state index contributed by atoms with van der Waals surface area (Å²) in [4.78, 5) is 8.34. The number of piperidine rings is 1. The van der Waals surface area contributed by atoms with Gasteiger partial charge in [-0.25, -0.2) is 5.32 Å². The Morgan fingerprint density at radius 1 is 1.33 bits per heavy atom. The molecule has 2 rings (SSSR count). The van der Waals surface area contributed by atoms with Crippen LogP contribution in [0, 0.1) is 0 Å². The summed E-state index contributed by atoms with van der Waals surface area (Å²) >= 11 is 0. The second kappa shape index (κ2) is 3.63. The highest BCUT2D eigenvalue weighted by Gasteiger charge is 2.16. The monoisotopic (exact) mass is 162 g/mol. The molecule has 1 radical (unpaired) electrons. The molecule has 0 spiro atoms. The van der Waals surface area contributed by atoms with Crippen LogP contribution < -0.4 is 5.32 Å². The van der Waals surface area contributed by atoms with E-state index in [9.17, 15) is 0 Å². The van der Waals surface area contributed by atoms with Crippen molar-refractivity contribution in [1.29, 1.82) is 0 Å². The molecule has 3 nitrogen and oxygen atoms in total. The van der Waals surface area contributed by atoms with Gasteiger partial charge in [-0.05, 0) is 12.8 Å². The van der Waals surface area contributed by atoms with Crippen molar-refractivity contribution in [3.63, 3.8) is 0 Å². The first-order valence-corrected chi connectivity index (χ1v) is 4.36. The van der Waals surface area contributed by atoms with Gasteiger partial charge >= 0.3 is 0 Å². The minimum absolute atomic E-state index is 0.521. The predicted molar refractivity (Wildman–Crippen MR) is 45.9 cm³/mol. The molecule has 1 atom stereocenters. The van der Waals surface area contributed by atoms with E-state index in [0.29, 0.717) is 5.92 Å². The molecule has 0 aromatic carbocycles. The van der Waals surface area contributed by atoms with E-state index in [0.717, 1.165) is 18.8 Å². The zero-order valence-corrected chi connectivity index (χ0v) is 6.98. The lowest BCUT2D eigenvalue weighted by molar-refractivity contribution is 0.446. The zero-order chi connectivity index (χ0) is 8.23. The maximum atomic E-state index is 4.37. The highest BCUT2D eigenvalue weighted by molar-refractivity contribution is 5.04. The molecule has 0 N–H and O–H groups in total. The molecule has 0 amide bonds. The van der Waals surface area contributed by atoms with Crippen LogP contribution in [0.15, 0.2) is 18.6 Å². The van der Waals surface area contributed by atoms with Crippen molar-refractivity contribution in [2.45, 2.75) is 18.8 Å². The van der Waals surface area contributed by atoms with Crippen LogP contribution in [0.25, 0.3) is 0 Å². The minimum atomic E-state index is 0.521. The highest BCUT2D eigenvalue weighted by Crippen LogP contribution is 2.20. The largest absolute Gasteiger partial charge is 0.261 e. The predicted octanol–water partition coefficient (Wildman–Crippen LogP) is 0.958. The quantitative estimate of drug-likeness (QED) is 0.617. The summed E-state index contributed by atoms with van der Waals surface area (Å²) in [7, 11) is 0. The summed E-state index contributed by atoms with van der Waals surface area (Å²) in [6, 6.07) is 0. The van der Waals surface area contributed by atoms with Crippen LogP contribution in [-0.2, 0) is 0 Å². The van der Waals surface area contributed by atoms with Crippen LogP contribution in [0.1, 0.15) is 24.5 Å². The third kappa shape index (κ3) is 1.61. The van der Waals surface area contributed by atoms with Gasteiger partial charge in [-0.1, -0.05) is 0 Å². The van der Waals surface area contributed by atoms with Crippen LogP contribution in [0.2, 0.25) is 0 Å². The topological polar surface area (TPSA) is 39.9 Å². The lowest BCUT2D eigenvalue weighted by atomic mass is 9.97. The van der Waals surface area contributed by atoms with Crippen molar-refractivity contribution in [2.75, 3.05) is 13.1 Å². The van der Waals surface area contributed by atoms with E-state index >= 15 is 0 Å². The Morgan fingerprint density at radius 3 is 3.00 bits per heavy atom. The molecular weight excluding hydrogens is 150 g/mol. The smallest absolute Gasteiger partial charge is 0.0630 e. The summed E-state index contributed by atoms with van der Waals surface area (Å²) in [5.41, 5.74) is 1.10.